The third-order valence-electron chi connectivity index (χ3n) is 4.15. The van der Waals surface area contributed by atoms with E-state index in [0.29, 0.717) is 0 Å². The maximum absolute atomic E-state index is 3.74. The van der Waals surface area contributed by atoms with E-state index in [2.05, 4.69) is 17.6 Å². The smallest absolute Gasteiger partial charge is 0.0110 e. The highest BCUT2D eigenvalue weighted by Gasteiger charge is 2.31. The highest BCUT2D eigenvalue weighted by Crippen LogP contribution is 2.30. The van der Waals surface area contributed by atoms with Gasteiger partial charge in [-0.1, -0.05) is 26.2 Å². The van der Waals surface area contributed by atoms with Crippen molar-refractivity contribution in [3.8, 4) is 0 Å². The monoisotopic (exact) mass is 210 g/mol. The fourth-order valence-corrected chi connectivity index (χ4v) is 3.40. The van der Waals surface area contributed by atoms with Gasteiger partial charge in [-0.2, -0.15) is 0 Å². The van der Waals surface area contributed by atoms with Gasteiger partial charge in [-0.25, -0.2) is 0 Å². The van der Waals surface area contributed by atoms with Crippen LogP contribution >= 0.6 is 0 Å². The van der Waals surface area contributed by atoms with E-state index in [1.54, 1.807) is 0 Å². The van der Waals surface area contributed by atoms with E-state index in [4.69, 9.17) is 0 Å². The van der Waals surface area contributed by atoms with Gasteiger partial charge in [0.2, 0.25) is 0 Å². The van der Waals surface area contributed by atoms with Crippen LogP contribution in [0.5, 0.6) is 0 Å². The van der Waals surface area contributed by atoms with Crippen LogP contribution < -0.4 is 10.6 Å². The Morgan fingerprint density at radius 3 is 2.60 bits per heavy atom. The van der Waals surface area contributed by atoms with Crippen LogP contribution in [0.15, 0.2) is 0 Å². The molecule has 15 heavy (non-hydrogen) atoms. The Kier molecular flexibility index (Phi) is 4.45. The van der Waals surface area contributed by atoms with Crippen LogP contribution in [0.3, 0.4) is 0 Å². The highest BCUT2D eigenvalue weighted by molar-refractivity contribution is 4.90. The van der Waals surface area contributed by atoms with Gasteiger partial charge in [0.1, 0.15) is 0 Å². The maximum Gasteiger partial charge on any atom is 0.0110 e. The van der Waals surface area contributed by atoms with E-state index in [-0.39, 0.29) is 0 Å². The number of hydrogen-bond donors (Lipinski definition) is 2. The summed E-state index contributed by atoms with van der Waals surface area (Å²) in [5.74, 6) is 0.902. The van der Waals surface area contributed by atoms with Gasteiger partial charge in [-0.15, -0.1) is 0 Å². The van der Waals surface area contributed by atoms with Crippen LogP contribution in [-0.2, 0) is 0 Å². The molecule has 0 radical (unpaired) electrons. The quantitative estimate of drug-likeness (QED) is 0.747. The molecule has 2 N–H and O–H groups in total. The Morgan fingerprint density at radius 1 is 1.07 bits per heavy atom. The molecule has 3 atom stereocenters. The second kappa shape index (κ2) is 5.86. The van der Waals surface area contributed by atoms with Crippen LogP contribution in [0, 0.1) is 5.92 Å². The minimum Gasteiger partial charge on any atom is -0.314 e. The summed E-state index contributed by atoms with van der Waals surface area (Å²) < 4.78 is 0. The minimum atomic E-state index is 0.791. The Hall–Kier alpha value is -0.0800. The van der Waals surface area contributed by atoms with Gasteiger partial charge in [0.05, 0.1) is 0 Å². The molecule has 88 valence electrons. The fraction of sp³-hybridized carbons (Fsp3) is 1.00. The largest absolute Gasteiger partial charge is 0.314 e. The van der Waals surface area contributed by atoms with Crippen molar-refractivity contribution in [3.05, 3.63) is 0 Å². The normalized spacial score (nSPS) is 37.8. The van der Waals surface area contributed by atoms with Crippen LogP contribution in [0.1, 0.15) is 51.9 Å². The predicted octanol–water partition coefficient (Wildman–Crippen LogP) is 2.30. The van der Waals surface area contributed by atoms with Gasteiger partial charge in [-0.05, 0) is 44.7 Å². The second-order valence-electron chi connectivity index (χ2n) is 5.17. The van der Waals surface area contributed by atoms with Crippen molar-refractivity contribution in [1.82, 2.24) is 10.6 Å². The molecular formula is C13H26N2. The van der Waals surface area contributed by atoms with Gasteiger partial charge in [0.15, 0.2) is 0 Å². The third kappa shape index (κ3) is 2.94. The number of rotatable bonds is 3. The lowest BCUT2D eigenvalue weighted by molar-refractivity contribution is 0.184. The molecule has 1 heterocycles. The molecule has 1 aliphatic heterocycles. The zero-order valence-electron chi connectivity index (χ0n) is 10.1. The van der Waals surface area contributed by atoms with E-state index in [1.165, 1.54) is 51.5 Å². The van der Waals surface area contributed by atoms with E-state index in [0.717, 1.165) is 24.5 Å². The van der Waals surface area contributed by atoms with Crippen LogP contribution in [0.25, 0.3) is 0 Å². The van der Waals surface area contributed by atoms with Gasteiger partial charge < -0.3 is 10.6 Å². The Morgan fingerprint density at radius 2 is 1.87 bits per heavy atom. The van der Waals surface area contributed by atoms with Crippen molar-refractivity contribution in [2.45, 2.75) is 64.0 Å². The van der Waals surface area contributed by atoms with Crippen molar-refractivity contribution in [2.24, 2.45) is 5.92 Å². The SMILES string of the molecule is CCNC1CCCCC1C1CCCCN1. The molecule has 0 aromatic carbocycles. The summed E-state index contributed by atoms with van der Waals surface area (Å²) in [6, 6.07) is 1.60. The van der Waals surface area contributed by atoms with Crippen molar-refractivity contribution in [1.29, 1.82) is 0 Å². The molecule has 2 fully saturated rings. The first-order chi connectivity index (χ1) is 7.42. The summed E-state index contributed by atoms with van der Waals surface area (Å²) in [5.41, 5.74) is 0. The molecular weight excluding hydrogens is 184 g/mol. The third-order valence-corrected chi connectivity index (χ3v) is 4.15. The van der Waals surface area contributed by atoms with Crippen molar-refractivity contribution in [3.63, 3.8) is 0 Å². The number of piperidine rings is 1. The molecule has 3 unspecified atom stereocenters. The van der Waals surface area contributed by atoms with E-state index in [1.807, 2.05) is 0 Å². The van der Waals surface area contributed by atoms with E-state index < -0.39 is 0 Å². The Labute approximate surface area is 94.2 Å². The molecule has 2 heteroatoms. The maximum atomic E-state index is 3.74. The van der Waals surface area contributed by atoms with Gasteiger partial charge in [-0.3, -0.25) is 0 Å². The Bertz CT molecular complexity index is 163. The topological polar surface area (TPSA) is 24.1 Å². The lowest BCUT2D eigenvalue weighted by Crippen LogP contribution is -2.50. The zero-order chi connectivity index (χ0) is 10.5. The predicted molar refractivity (Wildman–Crippen MR) is 65.1 cm³/mol. The highest BCUT2D eigenvalue weighted by atomic mass is 15.0. The van der Waals surface area contributed by atoms with Crippen molar-refractivity contribution >= 4 is 0 Å². The van der Waals surface area contributed by atoms with Crippen molar-refractivity contribution < 1.29 is 0 Å². The van der Waals surface area contributed by atoms with Crippen molar-refractivity contribution in [2.75, 3.05) is 13.1 Å². The zero-order valence-corrected chi connectivity index (χ0v) is 10.1. The van der Waals surface area contributed by atoms with Crippen LogP contribution in [-0.4, -0.2) is 25.2 Å². The first kappa shape index (κ1) is 11.4. The molecule has 2 rings (SSSR count). The van der Waals surface area contributed by atoms with E-state index in [9.17, 15) is 0 Å². The summed E-state index contributed by atoms with van der Waals surface area (Å²) in [7, 11) is 0. The molecule has 2 nitrogen and oxygen atoms in total. The minimum absolute atomic E-state index is 0.791. The lowest BCUT2D eigenvalue weighted by atomic mass is 9.77. The van der Waals surface area contributed by atoms with Crippen LogP contribution in [0.4, 0.5) is 0 Å². The summed E-state index contributed by atoms with van der Waals surface area (Å²) in [6.07, 6.45) is 9.95. The molecule has 1 aliphatic carbocycles. The molecule has 0 aromatic heterocycles. The average molecular weight is 210 g/mol. The summed E-state index contributed by atoms with van der Waals surface area (Å²) in [5, 5.41) is 7.43. The molecule has 1 saturated carbocycles. The summed E-state index contributed by atoms with van der Waals surface area (Å²) in [4.78, 5) is 0. The van der Waals surface area contributed by atoms with Gasteiger partial charge in [0.25, 0.3) is 0 Å². The fourth-order valence-electron chi connectivity index (χ4n) is 3.40. The van der Waals surface area contributed by atoms with Gasteiger partial charge in [0, 0.05) is 12.1 Å². The molecule has 0 bridgehead atoms. The molecule has 1 saturated heterocycles. The first-order valence-corrected chi connectivity index (χ1v) is 6.88. The van der Waals surface area contributed by atoms with E-state index >= 15 is 0 Å². The standard InChI is InChI=1S/C13H26N2/c1-2-14-12-8-4-3-7-11(12)13-9-5-6-10-15-13/h11-15H,2-10H2,1H3. The molecule has 0 aromatic rings. The summed E-state index contributed by atoms with van der Waals surface area (Å²) in [6.45, 7) is 4.62. The number of hydrogen-bond acceptors (Lipinski definition) is 2. The molecule has 0 spiro atoms. The molecule has 2 aliphatic rings. The average Bonchev–Trinajstić information content (AvgIpc) is 2.31. The van der Waals surface area contributed by atoms with Crippen LogP contribution in [0.2, 0.25) is 0 Å². The van der Waals surface area contributed by atoms with Gasteiger partial charge >= 0.3 is 0 Å². The molecule has 0 amide bonds. The lowest BCUT2D eigenvalue weighted by Gasteiger charge is -2.39. The number of nitrogens with one attached hydrogen (secondary N) is 2. The second-order valence-corrected chi connectivity index (χ2v) is 5.17. The Balaban J connectivity index is 1.90. The first-order valence-electron chi connectivity index (χ1n) is 6.88. The summed E-state index contributed by atoms with van der Waals surface area (Å²) >= 11 is 0.